The van der Waals surface area contributed by atoms with E-state index in [0.717, 1.165) is 11.3 Å². The molecule has 0 spiro atoms. The van der Waals surface area contributed by atoms with E-state index in [1.165, 1.54) is 15.9 Å². The molecule has 0 aliphatic rings. The summed E-state index contributed by atoms with van der Waals surface area (Å²) in [5.74, 6) is 0.113. The molecule has 3 rings (SSSR count). The van der Waals surface area contributed by atoms with Crippen molar-refractivity contribution < 1.29 is 10.2 Å². The number of fused-ring (bicyclic) bond motifs is 1. The number of aromatic nitrogens is 1. The van der Waals surface area contributed by atoms with E-state index < -0.39 is 0 Å². The van der Waals surface area contributed by atoms with E-state index in [1.54, 1.807) is 18.2 Å². The Bertz CT molecular complexity index is 708. The van der Waals surface area contributed by atoms with Crippen LogP contribution in [0.25, 0.3) is 15.8 Å². The molecule has 3 aromatic rings. The van der Waals surface area contributed by atoms with Gasteiger partial charge in [-0.15, -0.1) is 11.3 Å². The third-order valence-electron chi connectivity index (χ3n) is 2.99. The minimum Gasteiger partial charge on any atom is -0.494 e. The van der Waals surface area contributed by atoms with Gasteiger partial charge in [-0.2, -0.15) is 0 Å². The zero-order valence-corrected chi connectivity index (χ0v) is 10.5. The normalized spacial score (nSPS) is 11.2. The van der Waals surface area contributed by atoms with E-state index in [1.807, 2.05) is 18.4 Å². The molecule has 0 atom stereocenters. The first-order valence-electron chi connectivity index (χ1n) is 5.46. The third-order valence-corrected chi connectivity index (χ3v) is 3.90. The molecule has 0 bridgehead atoms. The van der Waals surface area contributed by atoms with Crippen molar-refractivity contribution in [2.24, 2.45) is 0 Å². The Morgan fingerprint density at radius 1 is 1.17 bits per heavy atom. The molecule has 0 unspecified atom stereocenters. The van der Waals surface area contributed by atoms with Crippen LogP contribution >= 0.6 is 11.3 Å². The van der Waals surface area contributed by atoms with Crippen molar-refractivity contribution in [3.05, 3.63) is 35.2 Å². The quantitative estimate of drug-likeness (QED) is 0.589. The first-order chi connectivity index (χ1) is 8.59. The number of nitrogens with zero attached hydrogens (tertiary/aromatic N) is 1. The van der Waals surface area contributed by atoms with Crippen LogP contribution in [0.2, 0.25) is 0 Å². The molecule has 0 fully saturated rings. The molecule has 2 heterocycles. The van der Waals surface area contributed by atoms with Gasteiger partial charge in [-0.25, -0.2) is 4.57 Å². The fourth-order valence-corrected chi connectivity index (χ4v) is 2.96. The molecule has 0 amide bonds. The van der Waals surface area contributed by atoms with E-state index >= 15 is 0 Å². The molecule has 0 radical (unpaired) electrons. The second-order valence-corrected chi connectivity index (χ2v) is 5.11. The minimum absolute atomic E-state index is 0.0524. The predicted molar refractivity (Wildman–Crippen MR) is 73.6 cm³/mol. The van der Waals surface area contributed by atoms with Crippen LogP contribution in [0, 0.1) is 6.92 Å². The summed E-state index contributed by atoms with van der Waals surface area (Å²) in [4.78, 5) is 0. The lowest BCUT2D eigenvalue weighted by atomic mass is 10.2. The van der Waals surface area contributed by atoms with E-state index in [2.05, 4.69) is 0 Å². The molecule has 18 heavy (non-hydrogen) atoms. The van der Waals surface area contributed by atoms with E-state index in [0.29, 0.717) is 15.8 Å². The number of hydrogen-bond donors (Lipinski definition) is 3. The molecule has 2 aromatic heterocycles. The van der Waals surface area contributed by atoms with Crippen molar-refractivity contribution in [1.29, 1.82) is 0 Å². The predicted octanol–water partition coefficient (Wildman–Crippen LogP) is 2.99. The first kappa shape index (κ1) is 11.0. The number of hydrogen-bond acceptors (Lipinski definition) is 4. The monoisotopic (exact) mass is 260 g/mol. The van der Waals surface area contributed by atoms with Gasteiger partial charge in [0.15, 0.2) is 0 Å². The van der Waals surface area contributed by atoms with Crippen molar-refractivity contribution in [2.45, 2.75) is 6.92 Å². The number of benzene rings is 1. The lowest BCUT2D eigenvalue weighted by molar-refractivity contribution is 0.406. The summed E-state index contributed by atoms with van der Waals surface area (Å²) in [7, 11) is 0. The van der Waals surface area contributed by atoms with Gasteiger partial charge in [0.25, 0.3) is 0 Å². The summed E-state index contributed by atoms with van der Waals surface area (Å²) >= 11 is 1.40. The zero-order chi connectivity index (χ0) is 12.9. The summed E-state index contributed by atoms with van der Waals surface area (Å²) < 4.78 is 2.12. The molecule has 4 N–H and O–H groups in total. The molecular weight excluding hydrogens is 248 g/mol. The molecule has 1 aromatic carbocycles. The van der Waals surface area contributed by atoms with Gasteiger partial charge in [-0.1, -0.05) is 0 Å². The van der Waals surface area contributed by atoms with Gasteiger partial charge in [-0.3, -0.25) is 0 Å². The Hall–Kier alpha value is -2.14. The minimum atomic E-state index is 0.0524. The number of rotatable bonds is 1. The van der Waals surface area contributed by atoms with Crippen molar-refractivity contribution in [2.75, 3.05) is 5.73 Å². The Labute approximate surface area is 108 Å². The van der Waals surface area contributed by atoms with Crippen LogP contribution in [0.5, 0.6) is 11.8 Å². The molecule has 0 aliphatic heterocycles. The van der Waals surface area contributed by atoms with Crippen molar-refractivity contribution in [3.8, 4) is 17.4 Å². The van der Waals surface area contributed by atoms with Gasteiger partial charge < -0.3 is 15.9 Å². The molecule has 0 saturated carbocycles. The molecule has 0 saturated heterocycles. The van der Waals surface area contributed by atoms with Crippen LogP contribution < -0.4 is 5.73 Å². The van der Waals surface area contributed by atoms with Crippen LogP contribution in [0.15, 0.2) is 29.6 Å². The lowest BCUT2D eigenvalue weighted by Crippen LogP contribution is -1.97. The topological polar surface area (TPSA) is 71.4 Å². The smallest absolute Gasteiger partial charge is 0.217 e. The van der Waals surface area contributed by atoms with Crippen LogP contribution in [0.4, 0.5) is 5.69 Å². The summed E-state index contributed by atoms with van der Waals surface area (Å²) in [6.07, 6.45) is 0. The van der Waals surface area contributed by atoms with Crippen LogP contribution in [0.3, 0.4) is 0 Å². The third kappa shape index (κ3) is 1.37. The summed E-state index contributed by atoms with van der Waals surface area (Å²) in [6, 6.07) is 7.13. The van der Waals surface area contributed by atoms with Crippen molar-refractivity contribution in [3.63, 3.8) is 0 Å². The highest BCUT2D eigenvalue weighted by atomic mass is 32.1. The highest BCUT2D eigenvalue weighted by Gasteiger charge is 2.19. The lowest BCUT2D eigenvalue weighted by Gasteiger charge is -2.10. The Morgan fingerprint density at radius 3 is 2.61 bits per heavy atom. The van der Waals surface area contributed by atoms with Gasteiger partial charge >= 0.3 is 0 Å². The standard InChI is InChI=1S/C13H12N2O2S/c1-7-6-8(14)2-3-10(7)15-12(16)9-4-5-18-11(9)13(15)17/h2-6,16-17H,14H2,1H3. The van der Waals surface area contributed by atoms with Crippen molar-refractivity contribution >= 4 is 27.1 Å². The second-order valence-electron chi connectivity index (χ2n) is 4.19. The molecule has 5 heteroatoms. The fraction of sp³-hybridized carbons (Fsp3) is 0.0769. The fourth-order valence-electron chi connectivity index (χ4n) is 2.14. The van der Waals surface area contributed by atoms with Gasteiger partial charge in [0.1, 0.15) is 4.70 Å². The van der Waals surface area contributed by atoms with Crippen LogP contribution in [0.1, 0.15) is 5.56 Å². The average Bonchev–Trinajstić information content (AvgIpc) is 2.87. The van der Waals surface area contributed by atoms with Crippen LogP contribution in [-0.2, 0) is 0 Å². The number of nitrogens with two attached hydrogens (primary N) is 1. The highest BCUT2D eigenvalue weighted by Crippen LogP contribution is 2.42. The number of nitrogen functional groups attached to an aromatic ring is 1. The Morgan fingerprint density at radius 2 is 1.94 bits per heavy atom. The Kier molecular flexibility index (Phi) is 2.24. The average molecular weight is 260 g/mol. The summed E-state index contributed by atoms with van der Waals surface area (Å²) in [5, 5.41) is 22.9. The number of thiophene rings is 1. The SMILES string of the molecule is Cc1cc(N)ccc1-n1c(O)c2ccsc2c1O. The number of anilines is 1. The van der Waals surface area contributed by atoms with Gasteiger partial charge in [0, 0.05) is 5.69 Å². The molecule has 0 aliphatic carbocycles. The molecule has 92 valence electrons. The van der Waals surface area contributed by atoms with E-state index in [4.69, 9.17) is 5.73 Å². The van der Waals surface area contributed by atoms with Gasteiger partial charge in [-0.05, 0) is 42.1 Å². The zero-order valence-electron chi connectivity index (χ0n) is 9.71. The van der Waals surface area contributed by atoms with Gasteiger partial charge in [0.05, 0.1) is 11.1 Å². The second kappa shape index (κ2) is 3.68. The van der Waals surface area contributed by atoms with E-state index in [9.17, 15) is 10.2 Å². The largest absolute Gasteiger partial charge is 0.494 e. The summed E-state index contributed by atoms with van der Waals surface area (Å²) in [5.41, 5.74) is 7.98. The highest BCUT2D eigenvalue weighted by molar-refractivity contribution is 7.17. The maximum absolute atomic E-state index is 10.2. The van der Waals surface area contributed by atoms with Gasteiger partial charge in [0.2, 0.25) is 11.8 Å². The first-order valence-corrected chi connectivity index (χ1v) is 6.34. The maximum atomic E-state index is 10.2. The number of aryl methyl sites for hydroxylation is 1. The maximum Gasteiger partial charge on any atom is 0.217 e. The molecule has 4 nitrogen and oxygen atoms in total. The Balaban J connectivity index is 2.34. The number of aromatic hydroxyl groups is 2. The summed E-state index contributed by atoms with van der Waals surface area (Å²) in [6.45, 7) is 1.89. The van der Waals surface area contributed by atoms with Crippen molar-refractivity contribution in [1.82, 2.24) is 4.57 Å². The molecular formula is C13H12N2O2S. The van der Waals surface area contributed by atoms with E-state index in [-0.39, 0.29) is 11.8 Å². The van der Waals surface area contributed by atoms with Crippen LogP contribution in [-0.4, -0.2) is 14.8 Å².